The van der Waals surface area contributed by atoms with Gasteiger partial charge in [0.15, 0.2) is 5.13 Å². The third-order valence-corrected chi connectivity index (χ3v) is 5.23. The van der Waals surface area contributed by atoms with Crippen molar-refractivity contribution in [2.45, 2.75) is 39.5 Å². The number of halogens is 3. The fourth-order valence-corrected chi connectivity index (χ4v) is 3.03. The number of nitrogens with one attached hydrogen (secondary N) is 2. The summed E-state index contributed by atoms with van der Waals surface area (Å²) in [5, 5.41) is 8.53. The molecule has 9 heteroatoms. The van der Waals surface area contributed by atoms with Crippen LogP contribution in [-0.4, -0.2) is 48.5 Å². The highest BCUT2D eigenvalue weighted by molar-refractivity contribution is 7.13. The van der Waals surface area contributed by atoms with Crippen LogP contribution < -0.4 is 16.4 Å². The van der Waals surface area contributed by atoms with Gasteiger partial charge in [-0.15, -0.1) is 11.3 Å². The number of anilines is 1. The van der Waals surface area contributed by atoms with Gasteiger partial charge in [-0.1, -0.05) is 6.58 Å². The minimum absolute atomic E-state index is 0.108. The zero-order valence-corrected chi connectivity index (χ0v) is 16.6. The largest absolute Gasteiger partial charge is 0.415 e. The minimum Gasteiger partial charge on any atom is -0.385 e. The Morgan fingerprint density at radius 3 is 2.58 bits per heavy atom. The molecule has 1 heterocycles. The first-order valence-corrected chi connectivity index (χ1v) is 9.41. The van der Waals surface area contributed by atoms with Crippen molar-refractivity contribution in [3.63, 3.8) is 0 Å². The van der Waals surface area contributed by atoms with Gasteiger partial charge >= 0.3 is 6.18 Å². The van der Waals surface area contributed by atoms with Crippen LogP contribution in [0.25, 0.3) is 0 Å². The fourth-order valence-electron chi connectivity index (χ4n) is 2.19. The van der Waals surface area contributed by atoms with Crippen molar-refractivity contribution in [2.24, 2.45) is 5.73 Å². The molecule has 1 rings (SSSR count). The third kappa shape index (κ3) is 7.25. The summed E-state index contributed by atoms with van der Waals surface area (Å²) in [6, 6.07) is 0. The maximum atomic E-state index is 12.5. The van der Waals surface area contributed by atoms with E-state index in [1.807, 2.05) is 5.38 Å². The Bertz CT molecular complexity index is 620. The topological polar surface area (TPSA) is 63.0 Å². The van der Waals surface area contributed by atoms with E-state index in [0.717, 1.165) is 42.3 Å². The Balaban J connectivity index is 2.56. The van der Waals surface area contributed by atoms with Crippen LogP contribution in [0.1, 0.15) is 26.5 Å². The van der Waals surface area contributed by atoms with Gasteiger partial charge in [-0.05, 0) is 26.8 Å². The molecule has 0 spiro atoms. The number of likely N-dealkylation sites (N-methyl/N-ethyl adjacent to an activating group) is 1. The van der Waals surface area contributed by atoms with Crippen molar-refractivity contribution in [1.29, 1.82) is 0 Å². The van der Waals surface area contributed by atoms with E-state index >= 15 is 0 Å². The van der Waals surface area contributed by atoms with Gasteiger partial charge in [-0.2, -0.15) is 13.2 Å². The van der Waals surface area contributed by atoms with Gasteiger partial charge in [0.25, 0.3) is 0 Å². The summed E-state index contributed by atoms with van der Waals surface area (Å²) in [6.45, 7) is 12.2. The van der Waals surface area contributed by atoms with Gasteiger partial charge in [0.2, 0.25) is 0 Å². The summed E-state index contributed by atoms with van der Waals surface area (Å²) >= 11 is 1.46. The highest BCUT2D eigenvalue weighted by Crippen LogP contribution is 2.25. The van der Waals surface area contributed by atoms with Crippen molar-refractivity contribution < 1.29 is 17.7 Å². The lowest BCUT2D eigenvalue weighted by molar-refractivity contribution is -0.905. The quantitative estimate of drug-likeness (QED) is 0.324. The van der Waals surface area contributed by atoms with E-state index in [9.17, 15) is 13.2 Å². The van der Waals surface area contributed by atoms with Crippen molar-refractivity contribution in [2.75, 3.05) is 32.0 Å². The van der Waals surface area contributed by atoms with Crippen LogP contribution in [0, 0.1) is 0 Å². The molecule has 0 aromatic carbocycles. The van der Waals surface area contributed by atoms with Gasteiger partial charge < -0.3 is 20.9 Å². The van der Waals surface area contributed by atoms with Gasteiger partial charge in [0.05, 0.1) is 49.9 Å². The van der Waals surface area contributed by atoms with Crippen molar-refractivity contribution >= 4 is 16.5 Å². The average Bonchev–Trinajstić information content (AvgIpc) is 2.98. The third-order valence-electron chi connectivity index (χ3n) is 4.40. The molecule has 0 saturated heterocycles. The molecule has 0 aliphatic rings. The van der Waals surface area contributed by atoms with E-state index in [0.29, 0.717) is 5.13 Å². The molecule has 1 aromatic heterocycles. The highest BCUT2D eigenvalue weighted by Gasteiger charge is 2.30. The summed E-state index contributed by atoms with van der Waals surface area (Å²) in [7, 11) is 2.22. The molecule has 0 aliphatic carbocycles. The van der Waals surface area contributed by atoms with Gasteiger partial charge in [-0.3, -0.25) is 0 Å². The summed E-state index contributed by atoms with van der Waals surface area (Å²) in [5.41, 5.74) is 5.59. The molecule has 148 valence electrons. The molecule has 0 aliphatic heterocycles. The zero-order valence-electron chi connectivity index (χ0n) is 15.8. The van der Waals surface area contributed by atoms with E-state index in [1.54, 1.807) is 6.92 Å². The maximum absolute atomic E-state index is 12.5. The molecule has 0 amide bonds. The number of aromatic nitrogens is 1. The molecule has 0 fully saturated rings. The molecule has 26 heavy (non-hydrogen) atoms. The van der Waals surface area contributed by atoms with E-state index in [4.69, 9.17) is 5.73 Å². The first-order valence-electron chi connectivity index (χ1n) is 8.53. The summed E-state index contributed by atoms with van der Waals surface area (Å²) in [4.78, 5) is 4.53. The second-order valence-electron chi connectivity index (χ2n) is 6.50. The van der Waals surface area contributed by atoms with Crippen LogP contribution in [0.5, 0.6) is 0 Å². The Hall–Kier alpha value is -1.74. The van der Waals surface area contributed by atoms with Gasteiger partial charge in [0.1, 0.15) is 0 Å². The van der Waals surface area contributed by atoms with E-state index in [1.165, 1.54) is 11.3 Å². The maximum Gasteiger partial charge on any atom is 0.415 e. The second kappa shape index (κ2) is 9.27. The number of hydrogen-bond donors (Lipinski definition) is 3. The van der Waals surface area contributed by atoms with Crippen molar-refractivity contribution in [3.8, 4) is 0 Å². The normalized spacial score (nSPS) is 14.2. The highest BCUT2D eigenvalue weighted by atomic mass is 32.1. The second-order valence-corrected chi connectivity index (χ2v) is 7.36. The number of thiazole rings is 1. The van der Waals surface area contributed by atoms with Crippen molar-refractivity contribution in [1.82, 2.24) is 10.3 Å². The number of nitrogens with zero attached hydrogens (tertiary/aromatic N) is 2. The molecule has 0 bridgehead atoms. The van der Waals surface area contributed by atoms with E-state index < -0.39 is 11.7 Å². The Morgan fingerprint density at radius 1 is 1.42 bits per heavy atom. The monoisotopic (exact) mass is 392 g/mol. The average molecular weight is 393 g/mol. The molecule has 5 nitrogen and oxygen atoms in total. The van der Waals surface area contributed by atoms with Crippen molar-refractivity contribution in [3.05, 3.63) is 35.1 Å². The predicted molar refractivity (Wildman–Crippen MR) is 102 cm³/mol. The number of quaternary nitrogens is 1. The summed E-state index contributed by atoms with van der Waals surface area (Å²) in [5.74, 6) is -0.108. The van der Waals surface area contributed by atoms with E-state index in [2.05, 4.69) is 43.1 Å². The lowest BCUT2D eigenvalue weighted by Crippen LogP contribution is -2.45. The molecule has 1 atom stereocenters. The van der Waals surface area contributed by atoms with Crippen LogP contribution >= 0.6 is 11.3 Å². The Labute approximate surface area is 157 Å². The number of alkyl halides is 3. The van der Waals surface area contributed by atoms with Crippen LogP contribution in [0.4, 0.5) is 18.3 Å². The Kier molecular flexibility index (Phi) is 7.95. The van der Waals surface area contributed by atoms with Gasteiger partial charge in [-0.25, -0.2) is 4.98 Å². The number of hydrogen-bond acceptors (Lipinski definition) is 5. The van der Waals surface area contributed by atoms with Crippen LogP contribution in [0.15, 0.2) is 29.4 Å². The fraction of sp³-hybridized carbons (Fsp3) is 0.588. The minimum atomic E-state index is -4.49. The number of rotatable bonds is 10. The van der Waals surface area contributed by atoms with Crippen LogP contribution in [0.2, 0.25) is 0 Å². The lowest BCUT2D eigenvalue weighted by Gasteiger charge is -2.31. The SMILES string of the molecule is C=C(/C=C(/N)NC(C)Nc1nc(CC[N+](C)(CC)CC)cs1)C(F)(F)F. The molecule has 1 aromatic rings. The molecular formula is C17H29F3N5S+. The number of nitrogens with two attached hydrogens (primary N) is 1. The van der Waals surface area contributed by atoms with E-state index in [-0.39, 0.29) is 12.0 Å². The first-order chi connectivity index (χ1) is 12.0. The Morgan fingerprint density at radius 2 is 2.04 bits per heavy atom. The lowest BCUT2D eigenvalue weighted by atomic mass is 10.3. The summed E-state index contributed by atoms with van der Waals surface area (Å²) in [6.07, 6.45) is -3.21. The van der Waals surface area contributed by atoms with Crippen LogP contribution in [-0.2, 0) is 6.42 Å². The smallest absolute Gasteiger partial charge is 0.385 e. The molecular weight excluding hydrogens is 363 g/mol. The zero-order chi connectivity index (χ0) is 20.0. The molecule has 0 radical (unpaired) electrons. The summed E-state index contributed by atoms with van der Waals surface area (Å²) < 4.78 is 38.3. The first kappa shape index (κ1) is 22.3. The van der Waals surface area contributed by atoms with Crippen LogP contribution in [0.3, 0.4) is 0 Å². The standard InChI is InChI=1S/C17H29F3N5S/c1-6-25(5,7-2)9-8-14-11-26-16(24-14)23-13(4)22-15(21)10-12(3)17(18,19)20/h10-11,13,22H,3,6-9,21H2,1-2,4-5H3,(H,23,24)/q+1/b15-10-. The predicted octanol–water partition coefficient (Wildman–Crippen LogP) is 3.44. The molecule has 4 N–H and O–H groups in total. The molecule has 0 saturated carbocycles. The number of allylic oxidation sites excluding steroid dienone is 2. The van der Waals surface area contributed by atoms with Gasteiger partial charge in [0, 0.05) is 11.8 Å². The molecule has 1 unspecified atom stereocenters.